The van der Waals surface area contributed by atoms with Gasteiger partial charge in [0.15, 0.2) is 5.11 Å². The summed E-state index contributed by atoms with van der Waals surface area (Å²) < 4.78 is 26.9. The standard InChI is InChI=1S/C17H16Cl3N3O2S2/c18-12-4-6-13(7-5-12)27(24,25)23-10-8-22(9-11-23)17(26)21-15-3-1-2-14(19)16(15)20/h1-7H,8-11H2,(H,21,26). The number of hydrogen-bond acceptors (Lipinski definition) is 3. The summed E-state index contributed by atoms with van der Waals surface area (Å²) in [6.07, 6.45) is 0. The summed E-state index contributed by atoms with van der Waals surface area (Å²) in [6, 6.07) is 11.4. The summed E-state index contributed by atoms with van der Waals surface area (Å²) in [6.45, 7) is 1.60. The van der Waals surface area contributed by atoms with Crippen molar-refractivity contribution in [1.82, 2.24) is 9.21 Å². The molecule has 0 radical (unpaired) electrons. The Bertz CT molecular complexity index is 944. The van der Waals surface area contributed by atoms with Crippen LogP contribution in [0.5, 0.6) is 0 Å². The Balaban J connectivity index is 1.63. The van der Waals surface area contributed by atoms with Crippen molar-refractivity contribution >= 4 is 67.8 Å². The Morgan fingerprint density at radius 1 is 0.963 bits per heavy atom. The lowest BCUT2D eigenvalue weighted by molar-refractivity contribution is 0.268. The molecule has 0 atom stereocenters. The molecule has 10 heteroatoms. The molecule has 1 saturated heterocycles. The largest absolute Gasteiger partial charge is 0.346 e. The topological polar surface area (TPSA) is 52.7 Å². The zero-order valence-electron chi connectivity index (χ0n) is 14.0. The molecule has 0 bridgehead atoms. The van der Waals surface area contributed by atoms with Crippen LogP contribution in [0, 0.1) is 0 Å². The van der Waals surface area contributed by atoms with Gasteiger partial charge in [0, 0.05) is 31.2 Å². The van der Waals surface area contributed by atoms with Crippen molar-refractivity contribution in [3.8, 4) is 0 Å². The first-order chi connectivity index (χ1) is 12.8. The number of rotatable bonds is 3. The highest BCUT2D eigenvalue weighted by molar-refractivity contribution is 7.89. The van der Waals surface area contributed by atoms with E-state index in [9.17, 15) is 8.42 Å². The van der Waals surface area contributed by atoms with Gasteiger partial charge in [-0.15, -0.1) is 0 Å². The van der Waals surface area contributed by atoms with E-state index in [1.807, 2.05) is 4.90 Å². The fraction of sp³-hybridized carbons (Fsp3) is 0.235. The van der Waals surface area contributed by atoms with Crippen molar-refractivity contribution < 1.29 is 8.42 Å². The zero-order valence-corrected chi connectivity index (χ0v) is 17.9. The van der Waals surface area contributed by atoms with Gasteiger partial charge in [0.1, 0.15) is 0 Å². The Morgan fingerprint density at radius 3 is 2.22 bits per heavy atom. The minimum Gasteiger partial charge on any atom is -0.346 e. The molecule has 1 N–H and O–H groups in total. The number of sulfonamides is 1. The lowest BCUT2D eigenvalue weighted by atomic mass is 10.3. The average molecular weight is 465 g/mol. The van der Waals surface area contributed by atoms with Crippen LogP contribution < -0.4 is 5.32 Å². The maximum Gasteiger partial charge on any atom is 0.243 e. The Labute approximate surface area is 178 Å². The smallest absolute Gasteiger partial charge is 0.243 e. The molecule has 144 valence electrons. The van der Waals surface area contributed by atoms with Gasteiger partial charge in [-0.1, -0.05) is 40.9 Å². The highest BCUT2D eigenvalue weighted by Gasteiger charge is 2.29. The monoisotopic (exact) mass is 463 g/mol. The van der Waals surface area contributed by atoms with Gasteiger partial charge in [0.2, 0.25) is 10.0 Å². The first-order valence-electron chi connectivity index (χ1n) is 8.05. The van der Waals surface area contributed by atoms with Crippen molar-refractivity contribution in [1.29, 1.82) is 0 Å². The third-order valence-corrected chi connectivity index (χ3v) is 7.51. The number of nitrogens with zero attached hydrogens (tertiary/aromatic N) is 2. The summed E-state index contributed by atoms with van der Waals surface area (Å²) in [4.78, 5) is 2.13. The van der Waals surface area contributed by atoms with Gasteiger partial charge < -0.3 is 10.2 Å². The first-order valence-corrected chi connectivity index (χ1v) is 11.0. The van der Waals surface area contributed by atoms with Crippen molar-refractivity contribution in [2.45, 2.75) is 4.90 Å². The third-order valence-electron chi connectivity index (χ3n) is 4.17. The number of thiocarbonyl (C=S) groups is 1. The van der Waals surface area contributed by atoms with Gasteiger partial charge in [0.25, 0.3) is 0 Å². The van der Waals surface area contributed by atoms with Crippen LogP contribution in [0.4, 0.5) is 5.69 Å². The SMILES string of the molecule is O=S(=O)(c1ccc(Cl)cc1)N1CCN(C(=S)Nc2cccc(Cl)c2Cl)CC1. The summed E-state index contributed by atoms with van der Waals surface area (Å²) in [5.41, 5.74) is 0.616. The van der Waals surface area contributed by atoms with Crippen LogP contribution >= 0.6 is 47.0 Å². The van der Waals surface area contributed by atoms with E-state index in [-0.39, 0.29) is 4.90 Å². The van der Waals surface area contributed by atoms with Crippen LogP contribution in [0.3, 0.4) is 0 Å². The summed E-state index contributed by atoms with van der Waals surface area (Å²) in [7, 11) is -3.55. The summed E-state index contributed by atoms with van der Waals surface area (Å²) in [5, 5.41) is 4.87. The molecule has 1 aliphatic heterocycles. The Morgan fingerprint density at radius 2 is 1.59 bits per heavy atom. The zero-order chi connectivity index (χ0) is 19.6. The molecule has 27 heavy (non-hydrogen) atoms. The average Bonchev–Trinajstić information content (AvgIpc) is 2.66. The molecule has 0 unspecified atom stereocenters. The molecule has 1 aliphatic rings. The molecule has 5 nitrogen and oxygen atoms in total. The molecule has 2 aromatic carbocycles. The van der Waals surface area contributed by atoms with Gasteiger partial charge in [-0.2, -0.15) is 4.31 Å². The fourth-order valence-electron chi connectivity index (χ4n) is 2.68. The molecule has 0 saturated carbocycles. The van der Waals surface area contributed by atoms with Gasteiger partial charge >= 0.3 is 0 Å². The highest BCUT2D eigenvalue weighted by atomic mass is 35.5. The van der Waals surface area contributed by atoms with Crippen LogP contribution in [0.1, 0.15) is 0 Å². The quantitative estimate of drug-likeness (QED) is 0.684. The second-order valence-corrected chi connectivity index (χ2v) is 9.42. The maximum atomic E-state index is 12.7. The number of piperazine rings is 1. The van der Waals surface area contributed by atoms with E-state index in [0.717, 1.165) is 0 Å². The molecule has 0 spiro atoms. The molecular formula is C17H16Cl3N3O2S2. The second kappa shape index (κ2) is 8.51. The van der Waals surface area contributed by atoms with E-state index in [1.165, 1.54) is 16.4 Å². The second-order valence-electron chi connectivity index (χ2n) is 5.88. The van der Waals surface area contributed by atoms with Crippen LogP contribution in [0.15, 0.2) is 47.4 Å². The van der Waals surface area contributed by atoms with E-state index in [1.54, 1.807) is 30.3 Å². The first kappa shape index (κ1) is 20.6. The minimum atomic E-state index is -3.55. The molecule has 0 amide bonds. The van der Waals surface area contributed by atoms with Crippen molar-refractivity contribution in [2.75, 3.05) is 31.5 Å². The number of hydrogen-bond donors (Lipinski definition) is 1. The summed E-state index contributed by atoms with van der Waals surface area (Å²) >= 11 is 23.4. The van der Waals surface area contributed by atoms with Gasteiger partial charge in [-0.25, -0.2) is 8.42 Å². The normalized spacial score (nSPS) is 15.6. The highest BCUT2D eigenvalue weighted by Crippen LogP contribution is 2.30. The number of halogens is 3. The van der Waals surface area contributed by atoms with Crippen molar-refractivity contribution in [2.24, 2.45) is 0 Å². The molecule has 0 aliphatic carbocycles. The van der Waals surface area contributed by atoms with Gasteiger partial charge in [0.05, 0.1) is 20.6 Å². The minimum absolute atomic E-state index is 0.228. The van der Waals surface area contributed by atoms with E-state index in [0.29, 0.717) is 52.0 Å². The number of nitrogens with one attached hydrogen (secondary N) is 1. The van der Waals surface area contributed by atoms with E-state index >= 15 is 0 Å². The van der Waals surface area contributed by atoms with Crippen LogP contribution in [-0.4, -0.2) is 48.9 Å². The van der Waals surface area contributed by atoms with Crippen molar-refractivity contribution in [3.05, 3.63) is 57.5 Å². The summed E-state index contributed by atoms with van der Waals surface area (Å²) in [5.74, 6) is 0. The van der Waals surface area contributed by atoms with Crippen LogP contribution in [0.2, 0.25) is 15.1 Å². The van der Waals surface area contributed by atoms with Crippen LogP contribution in [0.25, 0.3) is 0 Å². The lowest BCUT2D eigenvalue weighted by Crippen LogP contribution is -2.51. The van der Waals surface area contributed by atoms with Gasteiger partial charge in [-0.05, 0) is 48.6 Å². The molecule has 0 aromatic heterocycles. The predicted molar refractivity (Wildman–Crippen MR) is 114 cm³/mol. The fourth-order valence-corrected chi connectivity index (χ4v) is 4.87. The molecule has 1 heterocycles. The van der Waals surface area contributed by atoms with E-state index < -0.39 is 10.0 Å². The molecule has 2 aromatic rings. The predicted octanol–water partition coefficient (Wildman–Crippen LogP) is 4.35. The van der Waals surface area contributed by atoms with Gasteiger partial charge in [-0.3, -0.25) is 0 Å². The molecule has 3 rings (SSSR count). The van der Waals surface area contributed by atoms with Crippen LogP contribution in [-0.2, 0) is 10.0 Å². The lowest BCUT2D eigenvalue weighted by Gasteiger charge is -2.35. The number of benzene rings is 2. The molecular weight excluding hydrogens is 449 g/mol. The third kappa shape index (κ3) is 4.67. The maximum absolute atomic E-state index is 12.7. The van der Waals surface area contributed by atoms with E-state index in [4.69, 9.17) is 47.0 Å². The Hall–Kier alpha value is -1.09. The molecule has 1 fully saturated rings. The van der Waals surface area contributed by atoms with Crippen molar-refractivity contribution in [3.63, 3.8) is 0 Å². The van der Waals surface area contributed by atoms with E-state index in [2.05, 4.69) is 5.32 Å². The number of anilines is 1. The Kier molecular flexibility index (Phi) is 6.50.